The molecule has 1 N–H and O–H groups in total. The SMILES string of the molecule is COCCN1CC(C(=O)Nc2nnc(SC(C)C)s2)CCC1=O. The van der Waals surface area contributed by atoms with E-state index in [2.05, 4.69) is 29.4 Å². The van der Waals surface area contributed by atoms with E-state index in [0.717, 1.165) is 4.34 Å². The van der Waals surface area contributed by atoms with Crippen molar-refractivity contribution < 1.29 is 14.3 Å². The van der Waals surface area contributed by atoms with Crippen molar-refractivity contribution in [1.82, 2.24) is 15.1 Å². The van der Waals surface area contributed by atoms with Crippen LogP contribution in [0.3, 0.4) is 0 Å². The number of hydrogen-bond donors (Lipinski definition) is 1. The molecule has 2 rings (SSSR count). The summed E-state index contributed by atoms with van der Waals surface area (Å²) in [7, 11) is 1.60. The lowest BCUT2D eigenvalue weighted by molar-refractivity contribution is -0.137. The molecule has 0 bridgehead atoms. The van der Waals surface area contributed by atoms with Gasteiger partial charge in [0.15, 0.2) is 4.34 Å². The van der Waals surface area contributed by atoms with E-state index in [9.17, 15) is 9.59 Å². The van der Waals surface area contributed by atoms with Gasteiger partial charge in [0, 0.05) is 31.9 Å². The van der Waals surface area contributed by atoms with E-state index in [1.54, 1.807) is 23.8 Å². The quantitative estimate of drug-likeness (QED) is 0.592. The van der Waals surface area contributed by atoms with Crippen LogP contribution in [0.5, 0.6) is 0 Å². The third kappa shape index (κ3) is 5.43. The van der Waals surface area contributed by atoms with E-state index in [0.29, 0.717) is 42.9 Å². The molecule has 1 aliphatic rings. The number of hydrogen-bond acceptors (Lipinski definition) is 7. The number of ether oxygens (including phenoxy) is 1. The summed E-state index contributed by atoms with van der Waals surface area (Å²) < 4.78 is 5.85. The number of aromatic nitrogens is 2. The third-order valence-electron chi connectivity index (χ3n) is 3.41. The molecule has 1 unspecified atom stereocenters. The minimum absolute atomic E-state index is 0.0811. The van der Waals surface area contributed by atoms with E-state index < -0.39 is 0 Å². The van der Waals surface area contributed by atoms with E-state index >= 15 is 0 Å². The first-order valence-corrected chi connectivity index (χ1v) is 9.27. The van der Waals surface area contributed by atoms with Crippen LogP contribution < -0.4 is 5.32 Å². The van der Waals surface area contributed by atoms with Crippen LogP contribution in [-0.4, -0.2) is 59.0 Å². The Morgan fingerprint density at radius 3 is 3.00 bits per heavy atom. The van der Waals surface area contributed by atoms with Crippen LogP contribution in [0.4, 0.5) is 5.13 Å². The molecular weight excluding hydrogens is 336 g/mol. The Bertz CT molecular complexity index is 550. The molecule has 0 spiro atoms. The van der Waals surface area contributed by atoms with Gasteiger partial charge in [-0.3, -0.25) is 9.59 Å². The van der Waals surface area contributed by atoms with Crippen LogP contribution in [-0.2, 0) is 14.3 Å². The Kier molecular flexibility index (Phi) is 6.79. The van der Waals surface area contributed by atoms with Crippen molar-refractivity contribution in [2.45, 2.75) is 36.3 Å². The monoisotopic (exact) mass is 358 g/mol. The molecule has 1 atom stereocenters. The smallest absolute Gasteiger partial charge is 0.231 e. The zero-order valence-electron chi connectivity index (χ0n) is 13.6. The maximum atomic E-state index is 12.4. The van der Waals surface area contributed by atoms with Crippen molar-refractivity contribution in [2.24, 2.45) is 5.92 Å². The number of thioether (sulfide) groups is 1. The number of likely N-dealkylation sites (tertiary alicyclic amines) is 1. The fourth-order valence-corrected chi connectivity index (χ4v) is 4.24. The van der Waals surface area contributed by atoms with Crippen molar-refractivity contribution >= 4 is 40.0 Å². The summed E-state index contributed by atoms with van der Waals surface area (Å²) in [5.74, 6) is -0.232. The van der Waals surface area contributed by atoms with Crippen LogP contribution in [0.2, 0.25) is 0 Å². The highest BCUT2D eigenvalue weighted by molar-refractivity contribution is 8.01. The molecule has 0 radical (unpaired) electrons. The Labute approximate surface area is 144 Å². The first-order chi connectivity index (χ1) is 11.0. The Morgan fingerprint density at radius 2 is 2.30 bits per heavy atom. The van der Waals surface area contributed by atoms with Crippen LogP contribution >= 0.6 is 23.1 Å². The lowest BCUT2D eigenvalue weighted by Crippen LogP contribution is -2.45. The summed E-state index contributed by atoms with van der Waals surface area (Å²) in [4.78, 5) is 25.9. The topological polar surface area (TPSA) is 84.4 Å². The Balaban J connectivity index is 1.89. The molecule has 0 aromatic carbocycles. The maximum Gasteiger partial charge on any atom is 0.231 e. The second-order valence-electron chi connectivity index (χ2n) is 5.60. The summed E-state index contributed by atoms with van der Waals surface area (Å²) in [6.45, 7) is 5.59. The molecule has 1 saturated heterocycles. The standard InChI is InChI=1S/C14H22N4O3S2/c1-9(2)22-14-17-16-13(23-14)15-12(20)10-4-5-11(19)18(8-10)6-7-21-3/h9-10H,4-8H2,1-3H3,(H,15,16,20). The summed E-state index contributed by atoms with van der Waals surface area (Å²) in [6, 6.07) is 0. The van der Waals surface area contributed by atoms with Gasteiger partial charge in [-0.15, -0.1) is 10.2 Å². The zero-order valence-corrected chi connectivity index (χ0v) is 15.2. The maximum absolute atomic E-state index is 12.4. The summed E-state index contributed by atoms with van der Waals surface area (Å²) in [6.07, 6.45) is 0.965. The molecule has 7 nitrogen and oxygen atoms in total. The van der Waals surface area contributed by atoms with Gasteiger partial charge in [0.1, 0.15) is 0 Å². The molecule has 1 aliphatic heterocycles. The average molecular weight is 358 g/mol. The normalized spacial score (nSPS) is 18.5. The van der Waals surface area contributed by atoms with Crippen molar-refractivity contribution in [3.05, 3.63) is 0 Å². The number of nitrogens with one attached hydrogen (secondary N) is 1. The minimum Gasteiger partial charge on any atom is -0.383 e. The Morgan fingerprint density at radius 1 is 1.52 bits per heavy atom. The molecule has 2 amide bonds. The summed E-state index contributed by atoms with van der Waals surface area (Å²) >= 11 is 3.00. The summed E-state index contributed by atoms with van der Waals surface area (Å²) in [5, 5.41) is 11.8. The average Bonchev–Trinajstić information content (AvgIpc) is 2.92. The van der Waals surface area contributed by atoms with Gasteiger partial charge in [-0.25, -0.2) is 0 Å². The van der Waals surface area contributed by atoms with Gasteiger partial charge in [-0.05, 0) is 6.42 Å². The van der Waals surface area contributed by atoms with Crippen LogP contribution in [0.25, 0.3) is 0 Å². The summed E-state index contributed by atoms with van der Waals surface area (Å²) in [5.41, 5.74) is 0. The fourth-order valence-electron chi connectivity index (χ4n) is 2.26. The second kappa shape index (κ2) is 8.60. The van der Waals surface area contributed by atoms with Crippen LogP contribution in [0, 0.1) is 5.92 Å². The van der Waals surface area contributed by atoms with Gasteiger partial charge in [0.2, 0.25) is 16.9 Å². The molecule has 1 aromatic heterocycles. The van der Waals surface area contributed by atoms with Gasteiger partial charge in [-0.1, -0.05) is 36.9 Å². The number of carbonyl (C=O) groups excluding carboxylic acids is 2. The van der Waals surface area contributed by atoms with E-state index in [4.69, 9.17) is 4.74 Å². The highest BCUT2D eigenvalue weighted by Gasteiger charge is 2.30. The largest absolute Gasteiger partial charge is 0.383 e. The minimum atomic E-state index is -0.213. The van der Waals surface area contributed by atoms with Crippen molar-refractivity contribution in [3.8, 4) is 0 Å². The molecule has 128 valence electrons. The molecule has 2 heterocycles. The number of rotatable bonds is 7. The highest BCUT2D eigenvalue weighted by Crippen LogP contribution is 2.29. The van der Waals surface area contributed by atoms with Gasteiger partial charge < -0.3 is 15.0 Å². The predicted octanol–water partition coefficient (Wildman–Crippen LogP) is 1.86. The molecule has 0 aliphatic carbocycles. The van der Waals surface area contributed by atoms with E-state index in [1.165, 1.54) is 11.3 Å². The number of anilines is 1. The number of nitrogens with zero attached hydrogens (tertiary/aromatic N) is 3. The third-order valence-corrected chi connectivity index (χ3v) is 5.34. The highest BCUT2D eigenvalue weighted by atomic mass is 32.2. The predicted molar refractivity (Wildman–Crippen MR) is 90.7 cm³/mol. The van der Waals surface area contributed by atoms with Crippen molar-refractivity contribution in [2.75, 3.05) is 32.1 Å². The lowest BCUT2D eigenvalue weighted by atomic mass is 9.97. The van der Waals surface area contributed by atoms with E-state index in [-0.39, 0.29) is 17.7 Å². The second-order valence-corrected chi connectivity index (χ2v) is 8.40. The molecule has 9 heteroatoms. The van der Waals surface area contributed by atoms with Gasteiger partial charge in [-0.2, -0.15) is 0 Å². The lowest BCUT2D eigenvalue weighted by Gasteiger charge is -2.31. The molecule has 1 fully saturated rings. The fraction of sp³-hybridized carbons (Fsp3) is 0.714. The number of carbonyl (C=O) groups is 2. The van der Waals surface area contributed by atoms with Gasteiger partial charge in [0.05, 0.1) is 12.5 Å². The van der Waals surface area contributed by atoms with Gasteiger partial charge >= 0.3 is 0 Å². The molecule has 0 saturated carbocycles. The number of piperidine rings is 1. The van der Waals surface area contributed by atoms with Crippen LogP contribution in [0.15, 0.2) is 4.34 Å². The van der Waals surface area contributed by atoms with Crippen LogP contribution in [0.1, 0.15) is 26.7 Å². The Hall–Kier alpha value is -1.19. The first kappa shape index (κ1) is 18.2. The molecular formula is C14H22N4O3S2. The zero-order chi connectivity index (χ0) is 16.8. The first-order valence-electron chi connectivity index (χ1n) is 7.57. The van der Waals surface area contributed by atoms with E-state index in [1.807, 2.05) is 0 Å². The molecule has 23 heavy (non-hydrogen) atoms. The number of methoxy groups -OCH3 is 1. The van der Waals surface area contributed by atoms with Gasteiger partial charge in [0.25, 0.3) is 0 Å². The van der Waals surface area contributed by atoms with Crippen molar-refractivity contribution in [1.29, 1.82) is 0 Å². The molecule has 1 aromatic rings. The van der Waals surface area contributed by atoms with Crippen molar-refractivity contribution in [3.63, 3.8) is 0 Å². The number of amides is 2.